The molecule has 2 aromatic carbocycles. The third kappa shape index (κ3) is 12.0. The standard InChI is InChI=1S/C31H36ClF2N8O9P/c1-41(17-3-2-15-32)52(49,50-20-25-12-13-28(51-25)42(47)48)31(33,34)18-26(30(46)36-16-14-21-4-10-24(43)11-5-21)38-27(44)19-37-29(45)22-6-8-23(9-7-22)39-40-35/h4-13,26,43H,2-3,14-20H2,1H3,(H,36,46)(H,37,45)(H,38,44)/t26-,52?/m0/s1. The van der Waals surface area contributed by atoms with Gasteiger partial charge in [0.2, 0.25) is 11.8 Å². The number of nitrogens with one attached hydrogen (secondary N) is 3. The highest BCUT2D eigenvalue weighted by molar-refractivity contribution is 7.57. The van der Waals surface area contributed by atoms with Gasteiger partial charge in [0.15, 0.2) is 0 Å². The Morgan fingerprint density at radius 2 is 1.83 bits per heavy atom. The van der Waals surface area contributed by atoms with Gasteiger partial charge in [-0.3, -0.25) is 29.1 Å². The van der Waals surface area contributed by atoms with Crippen molar-refractivity contribution < 1.29 is 46.7 Å². The van der Waals surface area contributed by atoms with Gasteiger partial charge in [0, 0.05) is 35.1 Å². The van der Waals surface area contributed by atoms with E-state index in [-0.39, 0.29) is 54.6 Å². The van der Waals surface area contributed by atoms with Crippen LogP contribution in [0.3, 0.4) is 0 Å². The number of amides is 3. The number of carbonyl (C=O) groups is 3. The summed E-state index contributed by atoms with van der Waals surface area (Å²) >= 11 is 5.72. The molecule has 1 aromatic heterocycles. The van der Waals surface area contributed by atoms with Crippen molar-refractivity contribution in [2.24, 2.45) is 5.11 Å². The number of unbranched alkanes of at least 4 members (excludes halogenated alkanes) is 1. The van der Waals surface area contributed by atoms with Crippen LogP contribution in [0.5, 0.6) is 5.75 Å². The number of benzene rings is 2. The van der Waals surface area contributed by atoms with Crippen LogP contribution in [-0.2, 0) is 31.7 Å². The minimum Gasteiger partial charge on any atom is -0.508 e. The Bertz CT molecular complexity index is 1790. The van der Waals surface area contributed by atoms with Crippen molar-refractivity contribution in [2.75, 3.05) is 32.6 Å². The van der Waals surface area contributed by atoms with Crippen LogP contribution in [0.15, 0.2) is 70.2 Å². The van der Waals surface area contributed by atoms with Crippen molar-refractivity contribution in [2.45, 2.75) is 44.0 Å². The van der Waals surface area contributed by atoms with Crippen molar-refractivity contribution in [1.29, 1.82) is 0 Å². The van der Waals surface area contributed by atoms with Crippen LogP contribution >= 0.6 is 19.1 Å². The number of aromatic hydroxyl groups is 1. The fourth-order valence-corrected chi connectivity index (χ4v) is 6.82. The normalized spacial score (nSPS) is 13.0. The van der Waals surface area contributed by atoms with Crippen molar-refractivity contribution in [3.8, 4) is 5.75 Å². The van der Waals surface area contributed by atoms with Gasteiger partial charge in [-0.05, 0) is 67.7 Å². The molecule has 3 amide bonds. The Morgan fingerprint density at radius 3 is 2.44 bits per heavy atom. The number of phenols is 1. The Balaban J connectivity index is 1.82. The summed E-state index contributed by atoms with van der Waals surface area (Å²) in [6.07, 6.45) is -0.680. The highest BCUT2D eigenvalue weighted by Gasteiger charge is 2.56. The summed E-state index contributed by atoms with van der Waals surface area (Å²) in [6, 6.07) is 11.4. The molecule has 0 spiro atoms. The summed E-state index contributed by atoms with van der Waals surface area (Å²) in [6.45, 7) is -1.85. The zero-order valence-corrected chi connectivity index (χ0v) is 29.4. The number of hydrogen-bond acceptors (Lipinski definition) is 10. The Kier molecular flexibility index (Phi) is 15.5. The summed E-state index contributed by atoms with van der Waals surface area (Å²) in [5.74, 6) is -3.59. The minimum absolute atomic E-state index is 0.0135. The van der Waals surface area contributed by atoms with Crippen LogP contribution in [0.2, 0.25) is 0 Å². The monoisotopic (exact) mass is 768 g/mol. The molecule has 3 rings (SSSR count). The van der Waals surface area contributed by atoms with Gasteiger partial charge in [-0.1, -0.05) is 29.4 Å². The number of nitro groups is 1. The number of nitrogens with zero attached hydrogens (tertiary/aromatic N) is 5. The summed E-state index contributed by atoms with van der Waals surface area (Å²) in [4.78, 5) is 51.7. The first kappa shape index (κ1) is 41.4. The van der Waals surface area contributed by atoms with Gasteiger partial charge in [0.05, 0.1) is 19.0 Å². The largest absolute Gasteiger partial charge is 0.508 e. The lowest BCUT2D eigenvalue weighted by atomic mass is 10.1. The molecule has 1 heterocycles. The van der Waals surface area contributed by atoms with Crippen LogP contribution in [-0.4, -0.2) is 76.7 Å². The van der Waals surface area contributed by atoms with E-state index in [0.717, 1.165) is 23.9 Å². The van der Waals surface area contributed by atoms with Crippen LogP contribution < -0.4 is 16.0 Å². The highest BCUT2D eigenvalue weighted by atomic mass is 35.5. The van der Waals surface area contributed by atoms with Crippen molar-refractivity contribution >= 4 is 48.4 Å². The van der Waals surface area contributed by atoms with E-state index in [4.69, 9.17) is 26.1 Å². The molecule has 4 N–H and O–H groups in total. The lowest BCUT2D eigenvalue weighted by molar-refractivity contribution is -0.402. The molecule has 0 radical (unpaired) electrons. The lowest BCUT2D eigenvalue weighted by Crippen LogP contribution is -2.52. The number of hydrogen-bond donors (Lipinski definition) is 4. The number of alkyl halides is 3. The average molecular weight is 769 g/mol. The molecule has 0 aliphatic carbocycles. The molecule has 3 aromatic rings. The maximum Gasteiger partial charge on any atom is 0.433 e. The van der Waals surface area contributed by atoms with Crippen LogP contribution in [0, 0.1) is 10.1 Å². The number of phenolic OH excluding ortho intramolecular Hbond substituents is 1. The molecule has 21 heteroatoms. The van der Waals surface area contributed by atoms with Crippen molar-refractivity contribution in [1.82, 2.24) is 20.6 Å². The van der Waals surface area contributed by atoms with Gasteiger partial charge in [0.25, 0.3) is 5.91 Å². The van der Waals surface area contributed by atoms with E-state index < -0.39 is 67.3 Å². The molecule has 0 saturated carbocycles. The van der Waals surface area contributed by atoms with Crippen LogP contribution in [0.4, 0.5) is 20.4 Å². The highest BCUT2D eigenvalue weighted by Crippen LogP contribution is 2.65. The fraction of sp³-hybridized carbons (Fsp3) is 0.387. The molecule has 0 bridgehead atoms. The Morgan fingerprint density at radius 1 is 1.13 bits per heavy atom. The first-order valence-corrected chi connectivity index (χ1v) is 17.7. The van der Waals surface area contributed by atoms with E-state index in [9.17, 15) is 34.2 Å². The molecule has 0 fully saturated rings. The van der Waals surface area contributed by atoms with Crippen molar-refractivity contribution in [3.05, 3.63) is 98.1 Å². The first-order chi connectivity index (χ1) is 24.7. The van der Waals surface area contributed by atoms with Gasteiger partial charge >= 0.3 is 19.1 Å². The molecular weight excluding hydrogens is 733 g/mol. The molecule has 17 nitrogen and oxygen atoms in total. The quantitative estimate of drug-likeness (QED) is 0.0149. The minimum atomic E-state index is -5.26. The molecule has 0 aliphatic rings. The molecule has 0 aliphatic heterocycles. The van der Waals surface area contributed by atoms with E-state index in [0.29, 0.717) is 12.0 Å². The molecule has 0 saturated heterocycles. The Labute approximate surface area is 300 Å². The summed E-state index contributed by atoms with van der Waals surface area (Å²) in [7, 11) is -4.14. The topological polar surface area (TPSA) is 242 Å². The SMILES string of the molecule is CN(CCCCCl)P(=O)(OCc1ccc([N+](=O)[O-])o1)C(F)(F)C[C@H](NC(=O)CNC(=O)c1ccc(N=[N+]=[N-])cc1)C(=O)NCCc1ccc(O)cc1. The second-order valence-corrected chi connectivity index (χ2v) is 14.2. The number of rotatable bonds is 21. The second kappa shape index (κ2) is 19.5. The third-order valence-electron chi connectivity index (χ3n) is 7.39. The number of carbonyl (C=O) groups excluding carboxylic acids is 3. The summed E-state index contributed by atoms with van der Waals surface area (Å²) < 4.78 is 57.8. The van der Waals surface area contributed by atoms with E-state index >= 15 is 8.78 Å². The van der Waals surface area contributed by atoms with Gasteiger partial charge < -0.3 is 30.0 Å². The molecule has 1 unspecified atom stereocenters. The van der Waals surface area contributed by atoms with E-state index in [1.54, 1.807) is 12.1 Å². The molecule has 2 atom stereocenters. The second-order valence-electron chi connectivity index (χ2n) is 11.2. The van der Waals surface area contributed by atoms with Gasteiger partial charge in [-0.2, -0.15) is 8.78 Å². The van der Waals surface area contributed by atoms with E-state index in [1.165, 1.54) is 36.4 Å². The lowest BCUT2D eigenvalue weighted by Gasteiger charge is -2.35. The predicted molar refractivity (Wildman–Crippen MR) is 184 cm³/mol. The maximum absolute atomic E-state index is 16.3. The molecule has 280 valence electrons. The van der Waals surface area contributed by atoms with Crippen molar-refractivity contribution in [3.63, 3.8) is 0 Å². The maximum atomic E-state index is 16.3. The number of halogens is 3. The Hall–Kier alpha value is -5.06. The number of furan rings is 1. The average Bonchev–Trinajstić information content (AvgIpc) is 3.60. The smallest absolute Gasteiger partial charge is 0.433 e. The van der Waals surface area contributed by atoms with Crippen LogP contribution in [0.1, 0.15) is 40.9 Å². The van der Waals surface area contributed by atoms with Gasteiger partial charge in [-0.15, -0.1) is 11.6 Å². The zero-order valence-electron chi connectivity index (χ0n) is 27.7. The van der Waals surface area contributed by atoms with Gasteiger partial charge in [-0.25, -0.2) is 4.67 Å². The van der Waals surface area contributed by atoms with E-state index in [2.05, 4.69) is 26.0 Å². The van der Waals surface area contributed by atoms with Crippen LogP contribution in [0.25, 0.3) is 10.4 Å². The molecular formula is C31H36ClF2N8O9P. The van der Waals surface area contributed by atoms with E-state index in [1.807, 2.05) is 0 Å². The number of azide groups is 1. The third-order valence-corrected chi connectivity index (χ3v) is 10.2. The predicted octanol–water partition coefficient (Wildman–Crippen LogP) is 5.75. The fourth-order valence-electron chi connectivity index (χ4n) is 4.63. The zero-order chi connectivity index (χ0) is 38.3. The van der Waals surface area contributed by atoms with Gasteiger partial charge in [0.1, 0.15) is 29.1 Å². The first-order valence-electron chi connectivity index (χ1n) is 15.6. The summed E-state index contributed by atoms with van der Waals surface area (Å²) in [5.41, 5.74) is 5.22. The summed E-state index contributed by atoms with van der Waals surface area (Å²) in [5, 5.41) is 30.9. The molecule has 52 heavy (non-hydrogen) atoms.